The number of sulfone groups is 1. The zero-order valence-corrected chi connectivity index (χ0v) is 9.78. The third-order valence-corrected chi connectivity index (χ3v) is 4.39. The molecule has 0 heterocycles. The third-order valence-electron chi connectivity index (χ3n) is 2.53. The van der Waals surface area contributed by atoms with E-state index in [1.807, 2.05) is 6.92 Å². The summed E-state index contributed by atoms with van der Waals surface area (Å²) in [6, 6.07) is 0. The molecule has 1 aliphatic rings. The number of hydrogen-bond acceptors (Lipinski definition) is 3. The summed E-state index contributed by atoms with van der Waals surface area (Å²) in [6.07, 6.45) is 4.68. The Morgan fingerprint density at radius 1 is 1.21 bits per heavy atom. The van der Waals surface area contributed by atoms with E-state index in [0.29, 0.717) is 18.1 Å². The minimum atomic E-state index is -2.78. The lowest BCUT2D eigenvalue weighted by atomic mass is 10.3. The van der Waals surface area contributed by atoms with E-state index in [-0.39, 0.29) is 0 Å². The maximum absolute atomic E-state index is 11.3. The zero-order valence-electron chi connectivity index (χ0n) is 8.96. The highest BCUT2D eigenvalue weighted by molar-refractivity contribution is 7.91. The predicted octanol–water partition coefficient (Wildman–Crippen LogP) is 1.20. The average molecular weight is 219 g/mol. The lowest BCUT2D eigenvalue weighted by molar-refractivity contribution is 0.584. The topological polar surface area (TPSA) is 46.2 Å². The van der Waals surface area contributed by atoms with Gasteiger partial charge in [-0.3, -0.25) is 0 Å². The Hall–Kier alpha value is -0.0900. The molecule has 0 radical (unpaired) electrons. The van der Waals surface area contributed by atoms with Gasteiger partial charge in [-0.2, -0.15) is 0 Å². The van der Waals surface area contributed by atoms with E-state index in [9.17, 15) is 8.42 Å². The highest BCUT2D eigenvalue weighted by Gasteiger charge is 2.20. The smallest absolute Gasteiger partial charge is 0.151 e. The van der Waals surface area contributed by atoms with Crippen molar-refractivity contribution in [3.8, 4) is 0 Å². The molecule has 0 aromatic rings. The largest absolute Gasteiger partial charge is 0.316 e. The first-order valence-corrected chi connectivity index (χ1v) is 7.37. The van der Waals surface area contributed by atoms with Gasteiger partial charge in [-0.1, -0.05) is 19.8 Å². The van der Waals surface area contributed by atoms with Gasteiger partial charge < -0.3 is 5.32 Å². The number of rotatable bonds is 8. The fraction of sp³-hybridized carbons (Fsp3) is 1.00. The van der Waals surface area contributed by atoms with Crippen LogP contribution in [0.4, 0.5) is 0 Å². The molecule has 4 heteroatoms. The number of nitrogens with one attached hydrogen (secondary N) is 1. The van der Waals surface area contributed by atoms with Crippen LogP contribution >= 0.6 is 0 Å². The molecule has 0 aromatic carbocycles. The van der Waals surface area contributed by atoms with Crippen LogP contribution in [0.25, 0.3) is 0 Å². The van der Waals surface area contributed by atoms with Crippen LogP contribution in [0.5, 0.6) is 0 Å². The van der Waals surface area contributed by atoms with E-state index in [1.54, 1.807) is 0 Å². The van der Waals surface area contributed by atoms with Gasteiger partial charge in [-0.25, -0.2) is 8.42 Å². The van der Waals surface area contributed by atoms with E-state index in [4.69, 9.17) is 0 Å². The maximum Gasteiger partial charge on any atom is 0.151 e. The molecule has 14 heavy (non-hydrogen) atoms. The second-order valence-corrected chi connectivity index (χ2v) is 6.44. The van der Waals surface area contributed by atoms with Crippen molar-refractivity contribution in [3.63, 3.8) is 0 Å². The molecule has 1 fully saturated rings. The monoisotopic (exact) mass is 219 g/mol. The van der Waals surface area contributed by atoms with Crippen molar-refractivity contribution in [1.82, 2.24) is 5.32 Å². The summed E-state index contributed by atoms with van der Waals surface area (Å²) in [5.74, 6) is 1.55. The molecule has 1 aliphatic carbocycles. The molecule has 0 atom stereocenters. The minimum Gasteiger partial charge on any atom is -0.316 e. The van der Waals surface area contributed by atoms with Crippen molar-refractivity contribution in [1.29, 1.82) is 0 Å². The van der Waals surface area contributed by atoms with E-state index < -0.39 is 9.84 Å². The Bertz CT molecular complexity index is 245. The van der Waals surface area contributed by atoms with Gasteiger partial charge in [0.1, 0.15) is 0 Å². The summed E-state index contributed by atoms with van der Waals surface area (Å²) in [7, 11) is -2.78. The van der Waals surface area contributed by atoms with E-state index in [2.05, 4.69) is 5.32 Å². The van der Waals surface area contributed by atoms with Crippen molar-refractivity contribution >= 4 is 9.84 Å². The molecule has 0 aromatic heterocycles. The summed E-state index contributed by atoms with van der Waals surface area (Å²) in [4.78, 5) is 0. The zero-order chi connectivity index (χ0) is 10.4. The maximum atomic E-state index is 11.3. The summed E-state index contributed by atoms with van der Waals surface area (Å²) in [5.41, 5.74) is 0. The molecule has 0 amide bonds. The van der Waals surface area contributed by atoms with Gasteiger partial charge in [-0.15, -0.1) is 0 Å². The first-order chi connectivity index (χ1) is 6.64. The Labute approximate surface area is 87.2 Å². The van der Waals surface area contributed by atoms with E-state index in [1.165, 1.54) is 19.3 Å². The Kier molecular flexibility index (Phi) is 4.89. The quantitative estimate of drug-likeness (QED) is 0.624. The van der Waals surface area contributed by atoms with E-state index >= 15 is 0 Å². The van der Waals surface area contributed by atoms with E-state index in [0.717, 1.165) is 18.9 Å². The second kappa shape index (κ2) is 5.71. The summed E-state index contributed by atoms with van der Waals surface area (Å²) in [5, 5.41) is 3.19. The van der Waals surface area contributed by atoms with Gasteiger partial charge in [0, 0.05) is 12.3 Å². The van der Waals surface area contributed by atoms with Crippen LogP contribution in [0.3, 0.4) is 0 Å². The molecular formula is C10H21NO2S. The lowest BCUT2D eigenvalue weighted by Gasteiger charge is -2.04. The van der Waals surface area contributed by atoms with Crippen LogP contribution in [0.2, 0.25) is 0 Å². The molecular weight excluding hydrogens is 198 g/mol. The molecule has 0 unspecified atom stereocenters. The highest BCUT2D eigenvalue weighted by Crippen LogP contribution is 2.31. The fourth-order valence-electron chi connectivity index (χ4n) is 1.48. The van der Waals surface area contributed by atoms with Crippen molar-refractivity contribution in [2.75, 3.05) is 24.6 Å². The Morgan fingerprint density at radius 2 is 1.93 bits per heavy atom. The van der Waals surface area contributed by atoms with Crippen LogP contribution in [0.15, 0.2) is 0 Å². The molecule has 1 rings (SSSR count). The van der Waals surface area contributed by atoms with Gasteiger partial charge >= 0.3 is 0 Å². The third kappa shape index (κ3) is 5.60. The SMILES string of the molecule is CCCS(=O)(=O)CCNCCC1CC1. The lowest BCUT2D eigenvalue weighted by Crippen LogP contribution is -2.25. The number of hydrogen-bond donors (Lipinski definition) is 1. The van der Waals surface area contributed by atoms with Crippen molar-refractivity contribution < 1.29 is 8.42 Å². The minimum absolute atomic E-state index is 0.297. The first-order valence-electron chi connectivity index (χ1n) is 5.55. The molecule has 3 nitrogen and oxygen atoms in total. The Morgan fingerprint density at radius 3 is 2.50 bits per heavy atom. The summed E-state index contributed by atoms with van der Waals surface area (Å²) in [6.45, 7) is 3.50. The van der Waals surface area contributed by atoms with Crippen LogP contribution in [-0.2, 0) is 9.84 Å². The highest BCUT2D eigenvalue weighted by atomic mass is 32.2. The predicted molar refractivity (Wildman–Crippen MR) is 59.2 cm³/mol. The normalized spacial score (nSPS) is 17.2. The van der Waals surface area contributed by atoms with Gasteiger partial charge in [0.2, 0.25) is 0 Å². The average Bonchev–Trinajstić information content (AvgIpc) is 2.87. The first kappa shape index (κ1) is 12.0. The fourth-order valence-corrected chi connectivity index (χ4v) is 2.76. The second-order valence-electron chi connectivity index (χ2n) is 4.13. The molecule has 1 saturated carbocycles. The summed E-state index contributed by atoms with van der Waals surface area (Å²) >= 11 is 0. The van der Waals surface area contributed by atoms with Gasteiger partial charge in [0.05, 0.1) is 5.75 Å². The molecule has 84 valence electrons. The van der Waals surface area contributed by atoms with Gasteiger partial charge in [0.15, 0.2) is 9.84 Å². The van der Waals surface area contributed by atoms with Gasteiger partial charge in [-0.05, 0) is 25.3 Å². The van der Waals surface area contributed by atoms with Gasteiger partial charge in [0.25, 0.3) is 0 Å². The van der Waals surface area contributed by atoms with Crippen LogP contribution in [-0.4, -0.2) is 33.0 Å². The van der Waals surface area contributed by atoms with Crippen LogP contribution in [0, 0.1) is 5.92 Å². The van der Waals surface area contributed by atoms with Crippen molar-refractivity contribution in [2.24, 2.45) is 5.92 Å². The molecule has 0 saturated heterocycles. The van der Waals surface area contributed by atoms with Crippen LogP contribution in [0.1, 0.15) is 32.6 Å². The van der Waals surface area contributed by atoms with Crippen LogP contribution < -0.4 is 5.32 Å². The van der Waals surface area contributed by atoms with Crippen molar-refractivity contribution in [2.45, 2.75) is 32.6 Å². The molecule has 0 bridgehead atoms. The molecule has 0 spiro atoms. The van der Waals surface area contributed by atoms with Crippen molar-refractivity contribution in [3.05, 3.63) is 0 Å². The molecule has 0 aliphatic heterocycles. The summed E-state index contributed by atoms with van der Waals surface area (Å²) < 4.78 is 22.6. The Balaban J connectivity index is 1.96. The molecule has 1 N–H and O–H groups in total. The standard InChI is InChI=1S/C10H21NO2S/c1-2-8-14(12,13)9-7-11-6-5-10-3-4-10/h10-11H,2-9H2,1H3.